The summed E-state index contributed by atoms with van der Waals surface area (Å²) in [6.45, 7) is 3.89. The number of morpholine rings is 1. The fourth-order valence-corrected chi connectivity index (χ4v) is 2.77. The number of nitrogens with one attached hydrogen (secondary N) is 1. The number of hydrogen-bond acceptors (Lipinski definition) is 3. The summed E-state index contributed by atoms with van der Waals surface area (Å²) in [5.41, 5.74) is -0.0314. The molecular formula is C11H18N2O. The molecule has 0 bridgehead atoms. The van der Waals surface area contributed by atoms with Crippen molar-refractivity contribution in [2.24, 2.45) is 5.92 Å². The van der Waals surface area contributed by atoms with Crippen molar-refractivity contribution in [2.45, 2.75) is 44.3 Å². The second-order valence-electron chi connectivity index (χ2n) is 4.75. The Bertz CT molecular complexity index is 244. The van der Waals surface area contributed by atoms with Crippen molar-refractivity contribution in [2.75, 3.05) is 13.1 Å². The Morgan fingerprint density at radius 1 is 1.57 bits per heavy atom. The number of nitriles is 1. The summed E-state index contributed by atoms with van der Waals surface area (Å²) in [4.78, 5) is 0. The maximum Gasteiger partial charge on any atom is 0.157 e. The maximum atomic E-state index is 8.86. The van der Waals surface area contributed by atoms with Gasteiger partial charge in [-0.1, -0.05) is 19.8 Å². The van der Waals surface area contributed by atoms with Crippen LogP contribution in [-0.4, -0.2) is 24.8 Å². The molecule has 14 heavy (non-hydrogen) atoms. The van der Waals surface area contributed by atoms with Crippen molar-refractivity contribution in [1.29, 1.82) is 5.26 Å². The molecule has 1 aliphatic heterocycles. The number of nitrogens with zero attached hydrogens (tertiary/aromatic N) is 1. The van der Waals surface area contributed by atoms with Crippen LogP contribution in [0.4, 0.5) is 0 Å². The van der Waals surface area contributed by atoms with Crippen LogP contribution in [0.2, 0.25) is 0 Å². The minimum absolute atomic E-state index is 0.0314. The molecule has 3 heteroatoms. The standard InChI is InChI=1S/C11H18N2O/c1-9-3-2-4-11(5-9)8-13-7-10(6-12)14-11/h9-10,13H,2-5,7-8H2,1H3. The third kappa shape index (κ3) is 1.92. The van der Waals surface area contributed by atoms with Crippen LogP contribution in [-0.2, 0) is 4.74 Å². The Labute approximate surface area is 85.4 Å². The summed E-state index contributed by atoms with van der Waals surface area (Å²) in [5.74, 6) is 0.739. The van der Waals surface area contributed by atoms with Gasteiger partial charge in [-0.2, -0.15) is 5.26 Å². The van der Waals surface area contributed by atoms with Gasteiger partial charge >= 0.3 is 0 Å². The smallest absolute Gasteiger partial charge is 0.157 e. The molecule has 3 atom stereocenters. The Kier molecular flexibility index (Phi) is 2.76. The maximum absolute atomic E-state index is 8.86. The highest BCUT2D eigenvalue weighted by molar-refractivity contribution is 4.98. The van der Waals surface area contributed by atoms with Gasteiger partial charge in [-0.05, 0) is 18.8 Å². The van der Waals surface area contributed by atoms with Gasteiger partial charge in [-0.25, -0.2) is 0 Å². The second-order valence-corrected chi connectivity index (χ2v) is 4.75. The average Bonchev–Trinajstić information content (AvgIpc) is 2.17. The van der Waals surface area contributed by atoms with Gasteiger partial charge < -0.3 is 10.1 Å². The molecule has 0 aromatic carbocycles. The Morgan fingerprint density at radius 3 is 3.14 bits per heavy atom. The van der Waals surface area contributed by atoms with E-state index in [-0.39, 0.29) is 11.7 Å². The van der Waals surface area contributed by atoms with Crippen LogP contribution in [0.1, 0.15) is 32.6 Å². The number of rotatable bonds is 0. The molecule has 0 radical (unpaired) electrons. The third-order valence-corrected chi connectivity index (χ3v) is 3.36. The van der Waals surface area contributed by atoms with Crippen LogP contribution >= 0.6 is 0 Å². The van der Waals surface area contributed by atoms with Crippen molar-refractivity contribution in [3.05, 3.63) is 0 Å². The van der Waals surface area contributed by atoms with Crippen LogP contribution in [0.25, 0.3) is 0 Å². The summed E-state index contributed by atoms with van der Waals surface area (Å²) in [5, 5.41) is 12.2. The molecule has 1 saturated heterocycles. The Balaban J connectivity index is 2.03. The molecule has 2 fully saturated rings. The zero-order chi connectivity index (χ0) is 10.0. The van der Waals surface area contributed by atoms with E-state index >= 15 is 0 Å². The molecule has 78 valence electrons. The first-order valence-corrected chi connectivity index (χ1v) is 5.52. The van der Waals surface area contributed by atoms with E-state index in [1.807, 2.05) is 0 Å². The van der Waals surface area contributed by atoms with Crippen molar-refractivity contribution >= 4 is 0 Å². The lowest BCUT2D eigenvalue weighted by molar-refractivity contribution is -0.122. The van der Waals surface area contributed by atoms with E-state index in [0.717, 1.165) is 25.3 Å². The molecule has 3 unspecified atom stereocenters. The summed E-state index contributed by atoms with van der Waals surface area (Å²) >= 11 is 0. The predicted octanol–water partition coefficient (Wildman–Crippen LogP) is 1.45. The lowest BCUT2D eigenvalue weighted by Gasteiger charge is -2.44. The van der Waals surface area contributed by atoms with E-state index in [1.54, 1.807) is 0 Å². The van der Waals surface area contributed by atoms with Crippen molar-refractivity contribution in [3.8, 4) is 6.07 Å². The average molecular weight is 194 g/mol. The molecule has 1 spiro atoms. The van der Waals surface area contributed by atoms with Gasteiger partial charge in [-0.15, -0.1) is 0 Å². The largest absolute Gasteiger partial charge is 0.354 e. The van der Waals surface area contributed by atoms with Crippen LogP contribution in [0.5, 0.6) is 0 Å². The topological polar surface area (TPSA) is 45.0 Å². The van der Waals surface area contributed by atoms with Gasteiger partial charge in [0.25, 0.3) is 0 Å². The van der Waals surface area contributed by atoms with Crippen LogP contribution in [0, 0.1) is 17.2 Å². The van der Waals surface area contributed by atoms with Crippen LogP contribution in [0.3, 0.4) is 0 Å². The molecule has 1 saturated carbocycles. The lowest BCUT2D eigenvalue weighted by Crippen LogP contribution is -2.55. The van der Waals surface area contributed by atoms with E-state index < -0.39 is 0 Å². The van der Waals surface area contributed by atoms with Crippen LogP contribution < -0.4 is 5.32 Å². The lowest BCUT2D eigenvalue weighted by atomic mass is 9.78. The molecule has 1 heterocycles. The molecule has 0 aromatic heterocycles. The number of ether oxygens (including phenoxy) is 1. The predicted molar refractivity (Wildman–Crippen MR) is 53.7 cm³/mol. The van der Waals surface area contributed by atoms with Crippen molar-refractivity contribution in [3.63, 3.8) is 0 Å². The molecule has 0 aromatic rings. The minimum Gasteiger partial charge on any atom is -0.354 e. The highest BCUT2D eigenvalue weighted by Crippen LogP contribution is 2.36. The zero-order valence-corrected chi connectivity index (χ0v) is 8.75. The monoisotopic (exact) mass is 194 g/mol. The van der Waals surface area contributed by atoms with Gasteiger partial charge in [-0.3, -0.25) is 0 Å². The summed E-state index contributed by atoms with van der Waals surface area (Å²) < 4.78 is 5.91. The Hall–Kier alpha value is -0.590. The second kappa shape index (κ2) is 3.88. The molecule has 1 aliphatic carbocycles. The van der Waals surface area contributed by atoms with Crippen molar-refractivity contribution < 1.29 is 4.74 Å². The SMILES string of the molecule is CC1CCCC2(CNCC(C#N)O2)C1. The van der Waals surface area contributed by atoms with E-state index in [4.69, 9.17) is 10.00 Å². The van der Waals surface area contributed by atoms with E-state index in [9.17, 15) is 0 Å². The summed E-state index contributed by atoms with van der Waals surface area (Å²) in [7, 11) is 0. The van der Waals surface area contributed by atoms with Crippen LogP contribution in [0.15, 0.2) is 0 Å². The first kappa shape index (κ1) is 9.95. The normalized spacial score (nSPS) is 43.4. The minimum atomic E-state index is -0.242. The quantitative estimate of drug-likeness (QED) is 0.634. The van der Waals surface area contributed by atoms with E-state index in [0.29, 0.717) is 6.54 Å². The van der Waals surface area contributed by atoms with Gasteiger partial charge in [0.1, 0.15) is 0 Å². The Morgan fingerprint density at radius 2 is 2.43 bits per heavy atom. The highest BCUT2D eigenvalue weighted by Gasteiger charge is 2.40. The fourth-order valence-electron chi connectivity index (χ4n) is 2.77. The first-order valence-electron chi connectivity index (χ1n) is 5.52. The zero-order valence-electron chi connectivity index (χ0n) is 8.75. The molecule has 2 aliphatic rings. The molecule has 2 rings (SSSR count). The van der Waals surface area contributed by atoms with Gasteiger partial charge in [0.15, 0.2) is 6.10 Å². The third-order valence-electron chi connectivity index (χ3n) is 3.36. The van der Waals surface area contributed by atoms with Crippen molar-refractivity contribution in [1.82, 2.24) is 5.32 Å². The summed E-state index contributed by atoms with van der Waals surface area (Å²) in [6.07, 6.45) is 4.53. The van der Waals surface area contributed by atoms with Gasteiger partial charge in [0, 0.05) is 13.1 Å². The highest BCUT2D eigenvalue weighted by atomic mass is 16.5. The van der Waals surface area contributed by atoms with E-state index in [2.05, 4.69) is 18.3 Å². The number of hydrogen-bond donors (Lipinski definition) is 1. The van der Waals surface area contributed by atoms with Gasteiger partial charge in [0.05, 0.1) is 11.7 Å². The molecule has 1 N–H and O–H groups in total. The fraction of sp³-hybridized carbons (Fsp3) is 0.909. The summed E-state index contributed by atoms with van der Waals surface area (Å²) in [6, 6.07) is 2.21. The first-order chi connectivity index (χ1) is 6.74. The molecule has 3 nitrogen and oxygen atoms in total. The van der Waals surface area contributed by atoms with E-state index in [1.165, 1.54) is 12.8 Å². The molecule has 0 amide bonds. The molecular weight excluding hydrogens is 176 g/mol. The van der Waals surface area contributed by atoms with Gasteiger partial charge in [0.2, 0.25) is 0 Å².